The molecule has 0 saturated carbocycles. The molecule has 0 saturated heterocycles. The molecule has 0 aliphatic heterocycles. The van der Waals surface area contributed by atoms with Gasteiger partial charge in [-0.3, -0.25) is 4.79 Å². The summed E-state index contributed by atoms with van der Waals surface area (Å²) in [5.74, 6) is 0.187. The van der Waals surface area contributed by atoms with E-state index in [0.29, 0.717) is 18.9 Å². The minimum absolute atomic E-state index is 0.000627. The van der Waals surface area contributed by atoms with E-state index in [1.54, 1.807) is 7.11 Å². The quantitative estimate of drug-likeness (QED) is 0.781. The van der Waals surface area contributed by atoms with Crippen LogP contribution in [0.3, 0.4) is 0 Å². The van der Waals surface area contributed by atoms with Gasteiger partial charge in [-0.2, -0.15) is 0 Å². The number of carbonyl (C=O) groups excluding carboxylic acids is 1. The van der Waals surface area contributed by atoms with E-state index in [9.17, 15) is 4.79 Å². The predicted molar refractivity (Wildman–Crippen MR) is 76.8 cm³/mol. The lowest BCUT2D eigenvalue weighted by atomic mass is 10.0. The molecule has 0 spiro atoms. The molecule has 1 aromatic rings. The monoisotopic (exact) mass is 264 g/mol. The van der Waals surface area contributed by atoms with E-state index in [2.05, 4.69) is 5.32 Å². The van der Waals surface area contributed by atoms with Crippen LogP contribution < -0.4 is 11.1 Å². The predicted octanol–water partition coefficient (Wildman–Crippen LogP) is 1.34. The van der Waals surface area contributed by atoms with Crippen molar-refractivity contribution in [2.75, 3.05) is 13.7 Å². The lowest BCUT2D eigenvalue weighted by molar-refractivity contribution is -0.123. The third kappa shape index (κ3) is 5.41. The van der Waals surface area contributed by atoms with Gasteiger partial charge < -0.3 is 15.8 Å². The molecule has 0 aliphatic carbocycles. The number of carbonyl (C=O) groups is 1. The zero-order valence-electron chi connectivity index (χ0n) is 11.9. The highest BCUT2D eigenvalue weighted by Crippen LogP contribution is 2.05. The first-order valence-corrected chi connectivity index (χ1v) is 6.63. The van der Waals surface area contributed by atoms with Crippen molar-refractivity contribution >= 4 is 5.91 Å². The molecule has 2 atom stereocenters. The van der Waals surface area contributed by atoms with Gasteiger partial charge >= 0.3 is 0 Å². The fraction of sp³-hybridized carbons (Fsp3) is 0.533. The Kier molecular flexibility index (Phi) is 6.53. The normalized spacial score (nSPS) is 14.2. The van der Waals surface area contributed by atoms with Crippen molar-refractivity contribution in [3.63, 3.8) is 0 Å². The second-order valence-corrected chi connectivity index (χ2v) is 5.11. The largest absolute Gasteiger partial charge is 0.383 e. The van der Waals surface area contributed by atoms with E-state index in [4.69, 9.17) is 10.5 Å². The number of nitrogens with two attached hydrogens (primary N) is 1. The van der Waals surface area contributed by atoms with E-state index in [1.165, 1.54) is 0 Å². The maximum atomic E-state index is 12.0. The number of methoxy groups -OCH3 is 1. The van der Waals surface area contributed by atoms with Crippen LogP contribution in [-0.4, -0.2) is 31.7 Å². The Morgan fingerprint density at radius 3 is 2.47 bits per heavy atom. The third-order valence-electron chi connectivity index (χ3n) is 3.11. The van der Waals surface area contributed by atoms with Crippen molar-refractivity contribution in [1.82, 2.24) is 5.32 Å². The summed E-state index contributed by atoms with van der Waals surface area (Å²) in [6, 6.07) is 9.26. The van der Waals surface area contributed by atoms with Crippen molar-refractivity contribution in [3.8, 4) is 0 Å². The van der Waals surface area contributed by atoms with Gasteiger partial charge in [-0.1, -0.05) is 44.2 Å². The molecule has 0 heterocycles. The van der Waals surface area contributed by atoms with Crippen LogP contribution in [0.1, 0.15) is 19.4 Å². The summed E-state index contributed by atoms with van der Waals surface area (Å²) in [7, 11) is 1.63. The molecule has 1 aromatic carbocycles. The van der Waals surface area contributed by atoms with Crippen molar-refractivity contribution in [2.24, 2.45) is 11.7 Å². The first-order valence-electron chi connectivity index (χ1n) is 6.63. The van der Waals surface area contributed by atoms with Crippen LogP contribution in [0.2, 0.25) is 0 Å². The molecule has 4 nitrogen and oxygen atoms in total. The topological polar surface area (TPSA) is 64.3 Å². The number of hydrogen-bond acceptors (Lipinski definition) is 3. The number of rotatable bonds is 7. The molecule has 1 amide bonds. The minimum atomic E-state index is -0.527. The molecule has 0 fully saturated rings. The van der Waals surface area contributed by atoms with Crippen LogP contribution in [0.5, 0.6) is 0 Å². The standard InChI is InChI=1S/C15H24N2O2/c1-11(2)14(10-19-3)17-15(18)13(16)9-12-7-5-4-6-8-12/h4-8,11,13-14H,9-10,16H2,1-3H3,(H,17,18)/t13-,14?/m0/s1. The van der Waals surface area contributed by atoms with Crippen LogP contribution in [0.4, 0.5) is 0 Å². The van der Waals surface area contributed by atoms with Gasteiger partial charge in [0.15, 0.2) is 0 Å². The second kappa shape index (κ2) is 7.92. The molecular formula is C15H24N2O2. The Labute approximate surface area is 115 Å². The van der Waals surface area contributed by atoms with Crippen molar-refractivity contribution in [1.29, 1.82) is 0 Å². The molecule has 0 radical (unpaired) electrons. The van der Waals surface area contributed by atoms with Gasteiger partial charge in [0.2, 0.25) is 5.91 Å². The summed E-state index contributed by atoms with van der Waals surface area (Å²) >= 11 is 0. The minimum Gasteiger partial charge on any atom is -0.383 e. The van der Waals surface area contributed by atoms with Gasteiger partial charge in [-0.15, -0.1) is 0 Å². The molecule has 0 aliphatic rings. The Balaban J connectivity index is 2.52. The van der Waals surface area contributed by atoms with E-state index < -0.39 is 6.04 Å². The SMILES string of the molecule is COCC(NC(=O)[C@@H](N)Cc1ccccc1)C(C)C. The maximum Gasteiger partial charge on any atom is 0.237 e. The maximum absolute atomic E-state index is 12.0. The zero-order chi connectivity index (χ0) is 14.3. The molecule has 106 valence electrons. The van der Waals surface area contributed by atoms with E-state index in [1.807, 2.05) is 44.2 Å². The Morgan fingerprint density at radius 1 is 1.32 bits per heavy atom. The summed E-state index contributed by atoms with van der Waals surface area (Å²) in [5.41, 5.74) is 7.01. The summed E-state index contributed by atoms with van der Waals surface area (Å²) in [4.78, 5) is 12.0. The molecule has 0 bridgehead atoms. The molecule has 19 heavy (non-hydrogen) atoms. The lowest BCUT2D eigenvalue weighted by Crippen LogP contribution is -2.49. The van der Waals surface area contributed by atoms with Crippen molar-refractivity contribution < 1.29 is 9.53 Å². The fourth-order valence-corrected chi connectivity index (χ4v) is 1.83. The first-order chi connectivity index (χ1) is 9.04. The van der Waals surface area contributed by atoms with E-state index in [0.717, 1.165) is 5.56 Å². The van der Waals surface area contributed by atoms with Crippen LogP contribution in [0.25, 0.3) is 0 Å². The number of hydrogen-bond donors (Lipinski definition) is 2. The average Bonchev–Trinajstić information content (AvgIpc) is 2.39. The highest BCUT2D eigenvalue weighted by molar-refractivity contribution is 5.82. The lowest BCUT2D eigenvalue weighted by Gasteiger charge is -2.23. The van der Waals surface area contributed by atoms with Crippen LogP contribution >= 0.6 is 0 Å². The smallest absolute Gasteiger partial charge is 0.237 e. The number of benzene rings is 1. The highest BCUT2D eigenvalue weighted by Gasteiger charge is 2.20. The Hall–Kier alpha value is -1.39. The summed E-state index contributed by atoms with van der Waals surface area (Å²) in [5, 5.41) is 2.95. The van der Waals surface area contributed by atoms with Crippen molar-refractivity contribution in [3.05, 3.63) is 35.9 Å². The molecule has 0 aromatic heterocycles. The van der Waals surface area contributed by atoms with Crippen LogP contribution in [0.15, 0.2) is 30.3 Å². The summed E-state index contributed by atoms with van der Waals surface area (Å²) < 4.78 is 5.11. The van der Waals surface area contributed by atoms with Gasteiger partial charge in [-0.25, -0.2) is 0 Å². The van der Waals surface area contributed by atoms with Gasteiger partial charge in [0.25, 0.3) is 0 Å². The highest BCUT2D eigenvalue weighted by atomic mass is 16.5. The Bertz CT molecular complexity index is 379. The number of amides is 1. The fourth-order valence-electron chi connectivity index (χ4n) is 1.83. The summed E-state index contributed by atoms with van der Waals surface area (Å²) in [6.07, 6.45) is 0.546. The number of nitrogens with one attached hydrogen (secondary N) is 1. The molecular weight excluding hydrogens is 240 g/mol. The first kappa shape index (κ1) is 15.7. The molecule has 3 N–H and O–H groups in total. The van der Waals surface area contributed by atoms with Crippen molar-refractivity contribution in [2.45, 2.75) is 32.4 Å². The van der Waals surface area contributed by atoms with E-state index in [-0.39, 0.29) is 11.9 Å². The Morgan fingerprint density at radius 2 is 1.95 bits per heavy atom. The van der Waals surface area contributed by atoms with Gasteiger partial charge in [0.05, 0.1) is 18.7 Å². The second-order valence-electron chi connectivity index (χ2n) is 5.11. The van der Waals surface area contributed by atoms with Crippen LogP contribution in [0, 0.1) is 5.92 Å². The van der Waals surface area contributed by atoms with Crippen LogP contribution in [-0.2, 0) is 16.0 Å². The van der Waals surface area contributed by atoms with Gasteiger partial charge in [-0.05, 0) is 17.9 Å². The third-order valence-corrected chi connectivity index (χ3v) is 3.11. The average molecular weight is 264 g/mol. The molecule has 1 unspecified atom stereocenters. The molecule has 4 heteroatoms. The summed E-state index contributed by atoms with van der Waals surface area (Å²) in [6.45, 7) is 4.60. The molecule has 1 rings (SSSR count). The van der Waals surface area contributed by atoms with E-state index >= 15 is 0 Å². The number of ether oxygens (including phenoxy) is 1. The van der Waals surface area contributed by atoms with Gasteiger partial charge in [0, 0.05) is 7.11 Å². The zero-order valence-corrected chi connectivity index (χ0v) is 11.9. The van der Waals surface area contributed by atoms with Gasteiger partial charge in [0.1, 0.15) is 0 Å².